The summed E-state index contributed by atoms with van der Waals surface area (Å²) in [5.41, 5.74) is 0.952. The van der Waals surface area contributed by atoms with E-state index in [0.29, 0.717) is 11.1 Å². The van der Waals surface area contributed by atoms with Gasteiger partial charge in [-0.05, 0) is 35.3 Å². The molecule has 1 aromatic carbocycles. The topological polar surface area (TPSA) is 29.5 Å². The lowest BCUT2D eigenvalue weighted by Crippen LogP contribution is -2.40. The van der Waals surface area contributed by atoms with Crippen LogP contribution in [0.2, 0.25) is 18.1 Å². The molecule has 0 aliphatic rings. The Morgan fingerprint density at radius 2 is 1.85 bits per heavy atom. The largest absolute Gasteiger partial charge is 0.413 e. The Bertz CT molecular complexity index is 454. The Hall–Kier alpha value is -0.783. The minimum atomic E-state index is -2.56. The maximum atomic E-state index is 13.1. The van der Waals surface area contributed by atoms with E-state index in [9.17, 15) is 8.78 Å². The molecule has 0 heterocycles. The highest BCUT2D eigenvalue weighted by molar-refractivity contribution is 6.74. The van der Waals surface area contributed by atoms with Gasteiger partial charge >= 0.3 is 0 Å². The van der Waals surface area contributed by atoms with Crippen molar-refractivity contribution in [2.75, 3.05) is 0 Å². The normalized spacial score (nSPS) is 13.1. The number of aliphatic hydroxyl groups excluding tert-OH is 1. The fourth-order valence-corrected chi connectivity index (χ4v) is 2.50. The third-order valence-electron chi connectivity index (χ3n) is 4.02. The van der Waals surface area contributed by atoms with Gasteiger partial charge in [-0.25, -0.2) is 8.78 Å². The lowest BCUT2D eigenvalue weighted by Gasteiger charge is -2.36. The molecule has 1 rings (SSSR count). The smallest absolute Gasteiger partial charge is 0.264 e. The highest BCUT2D eigenvalue weighted by atomic mass is 28.4. The van der Waals surface area contributed by atoms with Crippen LogP contribution in [-0.2, 0) is 17.6 Å². The van der Waals surface area contributed by atoms with Crippen molar-refractivity contribution in [3.8, 4) is 0 Å². The first-order chi connectivity index (χ1) is 9.08. The quantitative estimate of drug-likeness (QED) is 0.803. The van der Waals surface area contributed by atoms with E-state index in [1.807, 2.05) is 0 Å². The molecule has 0 saturated heterocycles. The van der Waals surface area contributed by atoms with Gasteiger partial charge in [0.15, 0.2) is 8.32 Å². The first kappa shape index (κ1) is 17.3. The zero-order valence-electron chi connectivity index (χ0n) is 12.8. The minimum absolute atomic E-state index is 0.0447. The van der Waals surface area contributed by atoms with Crippen molar-refractivity contribution in [1.82, 2.24) is 0 Å². The molecule has 1 N–H and O–H groups in total. The maximum Gasteiger partial charge on any atom is 0.264 e. The van der Waals surface area contributed by atoms with Crippen molar-refractivity contribution in [3.63, 3.8) is 0 Å². The Labute approximate surface area is 120 Å². The average molecular weight is 302 g/mol. The van der Waals surface area contributed by atoms with Gasteiger partial charge < -0.3 is 9.53 Å². The van der Waals surface area contributed by atoms with Crippen molar-refractivity contribution in [3.05, 3.63) is 34.9 Å². The van der Waals surface area contributed by atoms with Crippen molar-refractivity contribution < 1.29 is 18.3 Å². The summed E-state index contributed by atoms with van der Waals surface area (Å²) in [7, 11) is -1.96. The Kier molecular flexibility index (Phi) is 5.46. The predicted octanol–water partition coefficient (Wildman–Crippen LogP) is 4.64. The van der Waals surface area contributed by atoms with Gasteiger partial charge in [-0.3, -0.25) is 0 Å². The van der Waals surface area contributed by atoms with E-state index in [0.717, 1.165) is 0 Å². The summed E-state index contributed by atoms with van der Waals surface area (Å²) < 4.78 is 32.1. The summed E-state index contributed by atoms with van der Waals surface area (Å²) >= 11 is 0. The van der Waals surface area contributed by atoms with Gasteiger partial charge in [-0.15, -0.1) is 0 Å². The number of halogens is 2. The fourth-order valence-electron chi connectivity index (χ4n) is 1.55. The lowest BCUT2D eigenvalue weighted by molar-refractivity contribution is 0.147. The van der Waals surface area contributed by atoms with E-state index in [2.05, 4.69) is 33.9 Å². The monoisotopic (exact) mass is 302 g/mol. The van der Waals surface area contributed by atoms with E-state index in [4.69, 9.17) is 9.53 Å². The van der Waals surface area contributed by atoms with Crippen LogP contribution in [0.25, 0.3) is 0 Å². The molecule has 1 aromatic rings. The number of aliphatic hydroxyl groups is 1. The summed E-state index contributed by atoms with van der Waals surface area (Å²) in [6.07, 6.45) is -2.56. The highest BCUT2D eigenvalue weighted by Crippen LogP contribution is 2.37. The predicted molar refractivity (Wildman–Crippen MR) is 79.3 cm³/mol. The third-order valence-corrected chi connectivity index (χ3v) is 8.50. The number of hydrogen-bond donors (Lipinski definition) is 1. The third kappa shape index (κ3) is 4.10. The second-order valence-corrected chi connectivity index (χ2v) is 11.4. The van der Waals surface area contributed by atoms with Crippen LogP contribution in [0.1, 0.15) is 43.9 Å². The summed E-state index contributed by atoms with van der Waals surface area (Å²) in [5.74, 6) is 0. The lowest BCUT2D eigenvalue weighted by atomic mass is 10.1. The minimum Gasteiger partial charge on any atom is -0.413 e. The summed E-state index contributed by atoms with van der Waals surface area (Å²) in [5, 5.41) is 9.08. The van der Waals surface area contributed by atoms with Crippen molar-refractivity contribution >= 4 is 8.32 Å². The van der Waals surface area contributed by atoms with E-state index in [-0.39, 0.29) is 23.8 Å². The maximum absolute atomic E-state index is 13.1. The van der Waals surface area contributed by atoms with Gasteiger partial charge in [-0.1, -0.05) is 32.9 Å². The SMILES string of the molecule is CC(C)(C)[Si](C)(C)OCc1ccc(CO)cc1C(F)F. The molecule has 20 heavy (non-hydrogen) atoms. The van der Waals surface area contributed by atoms with Crippen LogP contribution in [0.15, 0.2) is 18.2 Å². The molecular formula is C15H24F2O2Si. The van der Waals surface area contributed by atoms with Crippen molar-refractivity contribution in [2.45, 2.75) is 58.5 Å². The van der Waals surface area contributed by atoms with Crippen molar-refractivity contribution in [1.29, 1.82) is 0 Å². The molecule has 0 radical (unpaired) electrons. The van der Waals surface area contributed by atoms with Gasteiger partial charge in [0.05, 0.1) is 13.2 Å². The molecule has 0 bridgehead atoms. The van der Waals surface area contributed by atoms with E-state index in [1.54, 1.807) is 12.1 Å². The van der Waals surface area contributed by atoms with Crippen LogP contribution in [0, 0.1) is 0 Å². The molecule has 0 aliphatic heterocycles. The van der Waals surface area contributed by atoms with Gasteiger partial charge in [0, 0.05) is 5.56 Å². The fraction of sp³-hybridized carbons (Fsp3) is 0.600. The molecule has 0 fully saturated rings. The molecule has 114 valence electrons. The molecule has 0 spiro atoms. The molecule has 0 aromatic heterocycles. The van der Waals surface area contributed by atoms with E-state index < -0.39 is 14.7 Å². The number of hydrogen-bond acceptors (Lipinski definition) is 2. The van der Waals surface area contributed by atoms with Gasteiger partial charge in [0.1, 0.15) is 0 Å². The van der Waals surface area contributed by atoms with Crippen LogP contribution < -0.4 is 0 Å². The molecular weight excluding hydrogens is 278 g/mol. The molecule has 0 unspecified atom stereocenters. The van der Waals surface area contributed by atoms with Crippen LogP contribution in [-0.4, -0.2) is 13.4 Å². The zero-order chi connectivity index (χ0) is 15.6. The number of benzene rings is 1. The van der Waals surface area contributed by atoms with Crippen LogP contribution in [0.5, 0.6) is 0 Å². The highest BCUT2D eigenvalue weighted by Gasteiger charge is 2.37. The number of alkyl halides is 2. The summed E-state index contributed by atoms with van der Waals surface area (Å²) in [6.45, 7) is 10.5. The van der Waals surface area contributed by atoms with Crippen LogP contribution in [0.3, 0.4) is 0 Å². The first-order valence-corrected chi connectivity index (χ1v) is 9.64. The molecule has 0 saturated carbocycles. The van der Waals surface area contributed by atoms with Gasteiger partial charge in [-0.2, -0.15) is 0 Å². The van der Waals surface area contributed by atoms with Gasteiger partial charge in [0.25, 0.3) is 6.43 Å². The standard InChI is InChI=1S/C15H24F2O2Si/c1-15(2,3)20(4,5)19-10-12-7-6-11(9-18)8-13(12)14(16)17/h6-8,14,18H,9-10H2,1-5H3. The van der Waals surface area contributed by atoms with E-state index in [1.165, 1.54) is 6.07 Å². The second kappa shape index (κ2) is 6.33. The van der Waals surface area contributed by atoms with Crippen molar-refractivity contribution in [2.24, 2.45) is 0 Å². The van der Waals surface area contributed by atoms with Crippen LogP contribution in [0.4, 0.5) is 8.78 Å². The molecule has 0 aliphatic carbocycles. The average Bonchev–Trinajstić information content (AvgIpc) is 2.34. The summed E-state index contributed by atoms with van der Waals surface area (Å²) in [6, 6.07) is 4.64. The zero-order valence-corrected chi connectivity index (χ0v) is 13.8. The first-order valence-electron chi connectivity index (χ1n) is 6.73. The molecule has 2 nitrogen and oxygen atoms in total. The van der Waals surface area contributed by atoms with Crippen LogP contribution >= 0.6 is 0 Å². The summed E-state index contributed by atoms with van der Waals surface area (Å²) in [4.78, 5) is 0. The van der Waals surface area contributed by atoms with Gasteiger partial charge in [0.2, 0.25) is 0 Å². The molecule has 0 atom stereocenters. The van der Waals surface area contributed by atoms with E-state index >= 15 is 0 Å². The number of rotatable bonds is 5. The second-order valence-electron chi connectivity index (χ2n) is 6.54. The Balaban J connectivity index is 2.93. The molecule has 0 amide bonds. The Morgan fingerprint density at radius 3 is 2.30 bits per heavy atom. The molecule has 5 heteroatoms. The Morgan fingerprint density at radius 1 is 1.25 bits per heavy atom.